The summed E-state index contributed by atoms with van der Waals surface area (Å²) in [5.74, 6) is -4.03. The van der Waals surface area contributed by atoms with Gasteiger partial charge in [0.2, 0.25) is 0 Å². The number of nitrogens with one attached hydrogen (secondary N) is 2. The van der Waals surface area contributed by atoms with Crippen LogP contribution in [0.1, 0.15) is 16.8 Å². The van der Waals surface area contributed by atoms with Gasteiger partial charge in [0.15, 0.2) is 6.61 Å². The first-order valence-electron chi connectivity index (χ1n) is 9.17. The number of carbonyl (C=O) groups is 3. The highest BCUT2D eigenvalue weighted by Crippen LogP contribution is 2.23. The van der Waals surface area contributed by atoms with E-state index in [4.69, 9.17) is 16.3 Å². The number of benzene rings is 2. The van der Waals surface area contributed by atoms with E-state index in [2.05, 4.69) is 20.7 Å². The van der Waals surface area contributed by atoms with Gasteiger partial charge in [-0.2, -0.15) is 5.10 Å². The molecule has 1 aromatic heterocycles. The molecule has 0 aliphatic heterocycles. The van der Waals surface area contributed by atoms with Crippen LogP contribution in [0.3, 0.4) is 0 Å². The van der Waals surface area contributed by atoms with Crippen LogP contribution < -0.4 is 10.6 Å². The Morgan fingerprint density at radius 1 is 1.12 bits per heavy atom. The molecule has 0 atom stereocenters. The summed E-state index contributed by atoms with van der Waals surface area (Å²) in [6.45, 7) is -0.747. The number of hydrogen-bond donors (Lipinski definition) is 2. The summed E-state index contributed by atoms with van der Waals surface area (Å²) >= 11 is 5.98. The van der Waals surface area contributed by atoms with Gasteiger partial charge in [-0.3, -0.25) is 14.4 Å². The number of hydrogen-bond acceptors (Lipinski definition) is 6. The molecule has 0 radical (unpaired) electrons. The Balaban J connectivity index is 1.46. The Morgan fingerprint density at radius 3 is 2.66 bits per heavy atom. The van der Waals surface area contributed by atoms with Crippen LogP contribution in [-0.2, 0) is 14.3 Å². The van der Waals surface area contributed by atoms with Crippen molar-refractivity contribution in [2.75, 3.05) is 18.5 Å². The third-order valence-electron chi connectivity index (χ3n) is 4.05. The molecule has 2 aromatic carbocycles. The first kappa shape index (κ1) is 22.8. The predicted octanol–water partition coefficient (Wildman–Crippen LogP) is 2.50. The maximum Gasteiger partial charge on any atom is 0.308 e. The second-order valence-corrected chi connectivity index (χ2v) is 6.78. The topological polar surface area (TPSA) is 115 Å². The van der Waals surface area contributed by atoms with Gasteiger partial charge in [0.25, 0.3) is 11.8 Å². The van der Waals surface area contributed by atoms with Gasteiger partial charge in [-0.25, -0.2) is 18.4 Å². The largest absolute Gasteiger partial charge is 0.456 e. The average Bonchev–Trinajstić information content (AvgIpc) is 3.27. The van der Waals surface area contributed by atoms with Gasteiger partial charge < -0.3 is 15.4 Å². The van der Waals surface area contributed by atoms with Gasteiger partial charge in [0, 0.05) is 17.6 Å². The van der Waals surface area contributed by atoms with Gasteiger partial charge in [-0.1, -0.05) is 11.6 Å². The normalized spacial score (nSPS) is 10.5. The van der Waals surface area contributed by atoms with E-state index in [1.807, 2.05) is 0 Å². The van der Waals surface area contributed by atoms with E-state index >= 15 is 0 Å². The van der Waals surface area contributed by atoms with Crippen molar-refractivity contribution in [1.82, 2.24) is 20.1 Å². The number of esters is 1. The van der Waals surface area contributed by atoms with Crippen LogP contribution >= 0.6 is 11.6 Å². The number of halogens is 3. The van der Waals surface area contributed by atoms with Gasteiger partial charge in [-0.15, -0.1) is 0 Å². The van der Waals surface area contributed by atoms with Gasteiger partial charge in [0.1, 0.15) is 24.3 Å². The lowest BCUT2D eigenvalue weighted by molar-refractivity contribution is -0.147. The fourth-order valence-electron chi connectivity index (χ4n) is 2.59. The van der Waals surface area contributed by atoms with E-state index in [1.54, 1.807) is 12.1 Å². The minimum Gasteiger partial charge on any atom is -0.456 e. The highest BCUT2D eigenvalue weighted by Gasteiger charge is 2.15. The van der Waals surface area contributed by atoms with Gasteiger partial charge in [0.05, 0.1) is 23.4 Å². The first-order valence-corrected chi connectivity index (χ1v) is 9.54. The van der Waals surface area contributed by atoms with E-state index in [1.165, 1.54) is 23.4 Å². The summed E-state index contributed by atoms with van der Waals surface area (Å²) in [6.07, 6.45) is 2.50. The molecule has 0 saturated heterocycles. The lowest BCUT2D eigenvalue weighted by Gasteiger charge is -2.12. The van der Waals surface area contributed by atoms with Crippen LogP contribution in [0.15, 0.2) is 49.1 Å². The summed E-state index contributed by atoms with van der Waals surface area (Å²) in [5, 5.41) is 9.24. The van der Waals surface area contributed by atoms with Crippen LogP contribution in [-0.4, -0.2) is 45.7 Å². The van der Waals surface area contributed by atoms with Crippen molar-refractivity contribution in [1.29, 1.82) is 0 Å². The monoisotopic (exact) mass is 463 g/mol. The van der Waals surface area contributed by atoms with Gasteiger partial charge in [-0.05, 0) is 30.3 Å². The highest BCUT2D eigenvalue weighted by atomic mass is 35.5. The SMILES string of the molecule is O=C(COC(=O)CCNC(=O)c1ccc(F)cc1F)Nc1cc(Cl)ccc1-n1cncn1. The molecule has 0 spiro atoms. The lowest BCUT2D eigenvalue weighted by Crippen LogP contribution is -2.28. The van der Waals surface area contributed by atoms with Crippen molar-refractivity contribution in [2.24, 2.45) is 0 Å². The zero-order chi connectivity index (χ0) is 23.1. The minimum atomic E-state index is -1.02. The fraction of sp³-hybridized carbons (Fsp3) is 0.150. The highest BCUT2D eigenvalue weighted by molar-refractivity contribution is 6.31. The van der Waals surface area contributed by atoms with E-state index < -0.39 is 36.0 Å². The van der Waals surface area contributed by atoms with E-state index in [0.29, 0.717) is 22.5 Å². The molecule has 12 heteroatoms. The number of amides is 2. The molecule has 0 fully saturated rings. The lowest BCUT2D eigenvalue weighted by atomic mass is 10.2. The maximum absolute atomic E-state index is 13.6. The molecule has 2 N–H and O–H groups in total. The van der Waals surface area contributed by atoms with Crippen molar-refractivity contribution in [3.63, 3.8) is 0 Å². The molecular weight excluding hydrogens is 448 g/mol. The summed E-state index contributed by atoms with van der Waals surface area (Å²) in [7, 11) is 0. The summed E-state index contributed by atoms with van der Waals surface area (Å²) < 4.78 is 32.7. The summed E-state index contributed by atoms with van der Waals surface area (Å²) in [5.41, 5.74) is 0.476. The van der Waals surface area contributed by atoms with Crippen LogP contribution in [0.2, 0.25) is 5.02 Å². The van der Waals surface area contributed by atoms with Crippen molar-refractivity contribution >= 4 is 35.1 Å². The van der Waals surface area contributed by atoms with E-state index in [9.17, 15) is 23.2 Å². The Kier molecular flexibility index (Phi) is 7.45. The van der Waals surface area contributed by atoms with E-state index in [-0.39, 0.29) is 18.5 Å². The number of nitrogens with zero attached hydrogens (tertiary/aromatic N) is 3. The Bertz CT molecular complexity index is 1140. The minimum absolute atomic E-state index is 0.166. The first-order chi connectivity index (χ1) is 15.3. The van der Waals surface area contributed by atoms with Crippen molar-refractivity contribution in [3.05, 3.63) is 71.3 Å². The molecule has 0 aliphatic carbocycles. The molecule has 9 nitrogen and oxygen atoms in total. The molecular formula is C20H16ClF2N5O4. The number of rotatable bonds is 8. The smallest absolute Gasteiger partial charge is 0.308 e. The Hall–Kier alpha value is -3.86. The Labute approximate surface area is 185 Å². The second-order valence-electron chi connectivity index (χ2n) is 6.34. The standard InChI is InChI=1S/C20H16ClF2N5O4/c21-12-1-4-17(28-11-24-10-26-28)16(7-12)27-18(29)9-32-19(30)5-6-25-20(31)14-3-2-13(22)8-15(14)23/h1-4,7-8,10-11H,5-6,9H2,(H,25,31)(H,27,29). The van der Waals surface area contributed by atoms with Crippen LogP contribution in [0.5, 0.6) is 0 Å². The average molecular weight is 464 g/mol. The quantitative estimate of drug-likeness (QED) is 0.496. The van der Waals surface area contributed by atoms with Gasteiger partial charge >= 0.3 is 5.97 Å². The molecule has 3 aromatic rings. The zero-order valence-corrected chi connectivity index (χ0v) is 17.1. The Morgan fingerprint density at radius 2 is 1.94 bits per heavy atom. The second kappa shape index (κ2) is 10.4. The molecule has 0 aliphatic rings. The summed E-state index contributed by atoms with van der Waals surface area (Å²) in [6, 6.07) is 7.26. The third-order valence-corrected chi connectivity index (χ3v) is 4.29. The molecule has 0 bridgehead atoms. The zero-order valence-electron chi connectivity index (χ0n) is 16.3. The molecule has 0 saturated carbocycles. The third kappa shape index (κ3) is 6.08. The van der Waals surface area contributed by atoms with E-state index in [0.717, 1.165) is 12.1 Å². The molecule has 0 unspecified atom stereocenters. The van der Waals surface area contributed by atoms with Crippen LogP contribution in [0.25, 0.3) is 5.69 Å². The summed E-state index contributed by atoms with van der Waals surface area (Å²) in [4.78, 5) is 39.7. The molecule has 1 heterocycles. The number of anilines is 1. The maximum atomic E-state index is 13.6. The number of ether oxygens (including phenoxy) is 1. The number of aromatic nitrogens is 3. The van der Waals surface area contributed by atoms with Crippen molar-refractivity contribution < 1.29 is 27.9 Å². The molecule has 2 amide bonds. The van der Waals surface area contributed by atoms with Crippen LogP contribution in [0, 0.1) is 11.6 Å². The van der Waals surface area contributed by atoms with Crippen LogP contribution in [0.4, 0.5) is 14.5 Å². The number of carbonyl (C=O) groups excluding carboxylic acids is 3. The molecule has 3 rings (SSSR count). The molecule has 166 valence electrons. The predicted molar refractivity (Wildman–Crippen MR) is 109 cm³/mol. The fourth-order valence-corrected chi connectivity index (χ4v) is 2.76. The van der Waals surface area contributed by atoms with Crippen molar-refractivity contribution in [2.45, 2.75) is 6.42 Å². The molecule has 32 heavy (non-hydrogen) atoms. The van der Waals surface area contributed by atoms with Crippen molar-refractivity contribution in [3.8, 4) is 5.69 Å².